The molecule has 25 heavy (non-hydrogen) atoms. The van der Waals surface area contributed by atoms with Crippen LogP contribution in [0.1, 0.15) is 36.0 Å². The van der Waals surface area contributed by atoms with E-state index in [1.165, 1.54) is 12.8 Å². The Morgan fingerprint density at radius 2 is 2.00 bits per heavy atom. The summed E-state index contributed by atoms with van der Waals surface area (Å²) < 4.78 is 0. The number of aromatic nitrogens is 2. The molecule has 2 atom stereocenters. The van der Waals surface area contributed by atoms with Gasteiger partial charge < -0.3 is 5.32 Å². The van der Waals surface area contributed by atoms with Crippen LogP contribution in [0.4, 0.5) is 0 Å². The molecule has 124 valence electrons. The van der Waals surface area contributed by atoms with Crippen molar-refractivity contribution in [2.45, 2.75) is 31.2 Å². The molecule has 0 aliphatic heterocycles. The molecule has 0 radical (unpaired) electrons. The number of hydrogen-bond acceptors (Lipinski definition) is 3. The van der Waals surface area contributed by atoms with Gasteiger partial charge in [0, 0.05) is 28.9 Å². The molecular weight excluding hydrogens is 310 g/mol. The van der Waals surface area contributed by atoms with E-state index in [0.29, 0.717) is 11.5 Å². The number of pyridine rings is 2. The smallest absolute Gasteiger partial charge is 0.252 e. The summed E-state index contributed by atoms with van der Waals surface area (Å²) in [4.78, 5) is 21.9. The molecule has 1 N–H and O–H groups in total. The molecule has 0 unspecified atom stereocenters. The number of fused-ring (bicyclic) bond motifs is 2. The molecule has 1 amide bonds. The minimum atomic E-state index is 0.0262. The van der Waals surface area contributed by atoms with Crippen molar-refractivity contribution in [1.82, 2.24) is 15.3 Å². The van der Waals surface area contributed by atoms with E-state index in [4.69, 9.17) is 4.98 Å². The molecule has 2 aliphatic rings. The molecule has 2 aromatic heterocycles. The van der Waals surface area contributed by atoms with Crippen LogP contribution in [0.5, 0.6) is 0 Å². The highest BCUT2D eigenvalue weighted by Crippen LogP contribution is 2.55. The lowest BCUT2D eigenvalue weighted by Gasteiger charge is -2.16. The molecular formula is C21H19N3O. The monoisotopic (exact) mass is 329 g/mol. The van der Waals surface area contributed by atoms with E-state index in [1.807, 2.05) is 42.5 Å². The lowest BCUT2D eigenvalue weighted by Crippen LogP contribution is -2.37. The second-order valence-electron chi connectivity index (χ2n) is 7.21. The fourth-order valence-electron chi connectivity index (χ4n) is 4.27. The molecule has 1 aromatic carbocycles. The summed E-state index contributed by atoms with van der Waals surface area (Å²) in [5.74, 6) is 0.711. The highest BCUT2D eigenvalue weighted by molar-refractivity contribution is 6.07. The van der Waals surface area contributed by atoms with E-state index < -0.39 is 0 Å². The summed E-state index contributed by atoms with van der Waals surface area (Å²) in [6.45, 7) is 0. The Balaban J connectivity index is 1.59. The quantitative estimate of drug-likeness (QED) is 0.791. The Labute approximate surface area is 146 Å². The Hall–Kier alpha value is -2.75. The number of carbonyl (C=O) groups is 1. The molecule has 3 aromatic rings. The van der Waals surface area contributed by atoms with Crippen molar-refractivity contribution < 1.29 is 4.79 Å². The van der Waals surface area contributed by atoms with Crippen molar-refractivity contribution in [2.24, 2.45) is 5.92 Å². The van der Waals surface area contributed by atoms with Crippen LogP contribution < -0.4 is 5.32 Å². The molecule has 0 bridgehead atoms. The van der Waals surface area contributed by atoms with E-state index in [9.17, 15) is 4.79 Å². The second-order valence-corrected chi connectivity index (χ2v) is 7.21. The van der Waals surface area contributed by atoms with Gasteiger partial charge in [-0.25, -0.2) is 4.98 Å². The number of para-hydroxylation sites is 1. The predicted octanol–water partition coefficient (Wildman–Crippen LogP) is 3.97. The third kappa shape index (κ3) is 2.40. The molecule has 2 fully saturated rings. The second kappa shape index (κ2) is 5.38. The van der Waals surface area contributed by atoms with E-state index in [-0.39, 0.29) is 11.4 Å². The molecule has 5 rings (SSSR count). The Kier molecular flexibility index (Phi) is 3.14. The Morgan fingerprint density at radius 3 is 2.76 bits per heavy atom. The van der Waals surface area contributed by atoms with Crippen LogP contribution in [-0.4, -0.2) is 21.4 Å². The maximum absolute atomic E-state index is 13.1. The first-order valence-electron chi connectivity index (χ1n) is 8.88. The van der Waals surface area contributed by atoms with E-state index in [0.717, 1.165) is 35.0 Å². The lowest BCUT2D eigenvalue weighted by atomic mass is 10.0. The zero-order valence-electron chi connectivity index (χ0n) is 13.9. The number of rotatable bonds is 3. The van der Waals surface area contributed by atoms with Gasteiger partial charge >= 0.3 is 0 Å². The van der Waals surface area contributed by atoms with Crippen molar-refractivity contribution in [1.29, 1.82) is 0 Å². The predicted molar refractivity (Wildman–Crippen MR) is 97.1 cm³/mol. The molecule has 0 saturated heterocycles. The van der Waals surface area contributed by atoms with Gasteiger partial charge in [-0.1, -0.05) is 24.6 Å². The zero-order valence-corrected chi connectivity index (χ0v) is 13.9. The van der Waals surface area contributed by atoms with Crippen molar-refractivity contribution >= 4 is 16.8 Å². The third-order valence-corrected chi connectivity index (χ3v) is 5.71. The van der Waals surface area contributed by atoms with Crippen LogP contribution in [0.15, 0.2) is 54.9 Å². The number of carbonyl (C=O) groups excluding carboxylic acids is 1. The third-order valence-electron chi connectivity index (χ3n) is 5.71. The standard InChI is InChI=1S/C21H19N3O/c25-20(24-21-9-3-4-15(21)13-21)17-12-19(14-7-10-22-11-8-14)23-18-6-2-1-5-16(17)18/h1-2,5-8,10-12,15H,3-4,9,13H2,(H,24,25)/t15-,21-/m1/s1. The zero-order chi connectivity index (χ0) is 16.9. The van der Waals surface area contributed by atoms with Crippen molar-refractivity contribution in [3.63, 3.8) is 0 Å². The highest BCUT2D eigenvalue weighted by atomic mass is 16.1. The molecule has 0 spiro atoms. The molecule has 2 aliphatic carbocycles. The summed E-state index contributed by atoms with van der Waals surface area (Å²) in [5, 5.41) is 4.24. The summed E-state index contributed by atoms with van der Waals surface area (Å²) in [6.07, 6.45) is 8.23. The molecule has 4 nitrogen and oxygen atoms in total. The van der Waals surface area contributed by atoms with Crippen molar-refractivity contribution in [3.8, 4) is 11.3 Å². The van der Waals surface area contributed by atoms with Gasteiger partial charge in [-0.05, 0) is 49.4 Å². The largest absolute Gasteiger partial charge is 0.346 e. The van der Waals surface area contributed by atoms with Gasteiger partial charge in [0.15, 0.2) is 0 Å². The van der Waals surface area contributed by atoms with Crippen LogP contribution in [0.2, 0.25) is 0 Å². The SMILES string of the molecule is O=C(N[C@@]12CCC[C@@H]1C2)c1cc(-c2ccncc2)nc2ccccc12. The molecule has 4 heteroatoms. The summed E-state index contributed by atoms with van der Waals surface area (Å²) in [7, 11) is 0. The normalized spacial score (nSPS) is 24.1. The van der Waals surface area contributed by atoms with E-state index in [2.05, 4.69) is 10.3 Å². The lowest BCUT2D eigenvalue weighted by molar-refractivity contribution is 0.0931. The van der Waals surface area contributed by atoms with Gasteiger partial charge in [-0.3, -0.25) is 9.78 Å². The fraction of sp³-hybridized carbons (Fsp3) is 0.286. The number of amides is 1. The van der Waals surface area contributed by atoms with Gasteiger partial charge in [0.2, 0.25) is 0 Å². The molecule has 2 saturated carbocycles. The van der Waals surface area contributed by atoms with Crippen LogP contribution in [0.25, 0.3) is 22.2 Å². The maximum Gasteiger partial charge on any atom is 0.252 e. The van der Waals surface area contributed by atoms with Gasteiger partial charge in [-0.15, -0.1) is 0 Å². The summed E-state index contributed by atoms with van der Waals surface area (Å²) in [5.41, 5.74) is 3.40. The number of nitrogens with one attached hydrogen (secondary N) is 1. The van der Waals surface area contributed by atoms with Gasteiger partial charge in [0.25, 0.3) is 5.91 Å². The number of benzene rings is 1. The number of nitrogens with zero attached hydrogens (tertiary/aromatic N) is 2. The summed E-state index contributed by atoms with van der Waals surface area (Å²) >= 11 is 0. The minimum absolute atomic E-state index is 0.0262. The summed E-state index contributed by atoms with van der Waals surface area (Å²) in [6, 6.07) is 13.6. The first kappa shape index (κ1) is 14.6. The van der Waals surface area contributed by atoms with Crippen LogP contribution in [0, 0.1) is 5.92 Å². The minimum Gasteiger partial charge on any atom is -0.346 e. The van der Waals surface area contributed by atoms with Gasteiger partial charge in [0.1, 0.15) is 0 Å². The number of hydrogen-bond donors (Lipinski definition) is 1. The van der Waals surface area contributed by atoms with Crippen LogP contribution in [0.3, 0.4) is 0 Å². The highest BCUT2D eigenvalue weighted by Gasteiger charge is 2.57. The maximum atomic E-state index is 13.1. The first-order valence-corrected chi connectivity index (χ1v) is 8.88. The van der Waals surface area contributed by atoms with Crippen molar-refractivity contribution in [3.05, 3.63) is 60.4 Å². The first-order chi connectivity index (χ1) is 12.3. The fourth-order valence-corrected chi connectivity index (χ4v) is 4.27. The van der Waals surface area contributed by atoms with Gasteiger partial charge in [-0.2, -0.15) is 0 Å². The van der Waals surface area contributed by atoms with E-state index >= 15 is 0 Å². The Morgan fingerprint density at radius 1 is 1.16 bits per heavy atom. The molecule has 2 heterocycles. The van der Waals surface area contributed by atoms with Gasteiger partial charge in [0.05, 0.1) is 16.8 Å². The topological polar surface area (TPSA) is 54.9 Å². The average molecular weight is 329 g/mol. The van der Waals surface area contributed by atoms with Crippen molar-refractivity contribution in [2.75, 3.05) is 0 Å². The average Bonchev–Trinajstić information content (AvgIpc) is 3.19. The van der Waals surface area contributed by atoms with Crippen LogP contribution in [-0.2, 0) is 0 Å². The van der Waals surface area contributed by atoms with E-state index in [1.54, 1.807) is 12.4 Å². The Bertz CT molecular complexity index is 969. The van der Waals surface area contributed by atoms with Crippen LogP contribution >= 0.6 is 0 Å².